The van der Waals surface area contributed by atoms with Gasteiger partial charge in [0.1, 0.15) is 5.75 Å². The molecular weight excluding hydrogens is 318 g/mol. The predicted molar refractivity (Wildman–Crippen MR) is 103 cm³/mol. The highest BCUT2D eigenvalue weighted by molar-refractivity contribution is 7.11. The normalized spacial score (nSPS) is 12.8. The molecule has 0 radical (unpaired) electrons. The molecule has 0 spiro atoms. The molecule has 130 valence electrons. The van der Waals surface area contributed by atoms with Crippen LogP contribution in [0.1, 0.15) is 22.2 Å². The van der Waals surface area contributed by atoms with E-state index in [0.29, 0.717) is 6.04 Å². The Morgan fingerprint density at radius 2 is 1.96 bits per heavy atom. The van der Waals surface area contributed by atoms with Gasteiger partial charge in [-0.25, -0.2) is 0 Å². The first-order valence-electron chi connectivity index (χ1n) is 8.26. The molecule has 0 amide bonds. The lowest BCUT2D eigenvalue weighted by atomic mass is 10.1. The third-order valence-corrected chi connectivity index (χ3v) is 4.80. The van der Waals surface area contributed by atoms with Crippen LogP contribution < -0.4 is 15.4 Å². The summed E-state index contributed by atoms with van der Waals surface area (Å²) < 4.78 is 5.18. The minimum absolute atomic E-state index is 0.343. The van der Waals surface area contributed by atoms with Crippen LogP contribution in [0.25, 0.3) is 0 Å². The molecule has 24 heavy (non-hydrogen) atoms. The van der Waals surface area contributed by atoms with E-state index in [0.717, 1.165) is 31.1 Å². The Morgan fingerprint density at radius 3 is 2.54 bits per heavy atom. The first kappa shape index (κ1) is 18.3. The molecule has 1 atom stereocenters. The number of benzene rings is 1. The molecule has 2 N–H and O–H groups in total. The largest absolute Gasteiger partial charge is 0.497 e. The zero-order valence-electron chi connectivity index (χ0n) is 14.9. The van der Waals surface area contributed by atoms with Crippen LogP contribution in [0, 0.1) is 6.92 Å². The highest BCUT2D eigenvalue weighted by atomic mass is 32.1. The molecule has 1 unspecified atom stereocenters. The average molecular weight is 346 g/mol. The van der Waals surface area contributed by atoms with Crippen molar-refractivity contribution in [1.29, 1.82) is 0 Å². The topological polar surface area (TPSA) is 45.7 Å². The molecule has 1 aromatic carbocycles. The monoisotopic (exact) mass is 345 g/mol. The van der Waals surface area contributed by atoms with Crippen molar-refractivity contribution < 1.29 is 4.74 Å². The molecule has 5 heteroatoms. The summed E-state index contributed by atoms with van der Waals surface area (Å²) in [5.41, 5.74) is 1.28. The van der Waals surface area contributed by atoms with Gasteiger partial charge in [0.25, 0.3) is 0 Å². The summed E-state index contributed by atoms with van der Waals surface area (Å²) in [5.74, 6) is 1.74. The van der Waals surface area contributed by atoms with E-state index in [-0.39, 0.29) is 0 Å². The van der Waals surface area contributed by atoms with Gasteiger partial charge in [-0.3, -0.25) is 4.99 Å². The van der Waals surface area contributed by atoms with Crippen LogP contribution in [0.2, 0.25) is 0 Å². The summed E-state index contributed by atoms with van der Waals surface area (Å²) in [4.78, 5) is 7.08. The second-order valence-corrected chi connectivity index (χ2v) is 7.23. The lowest BCUT2D eigenvalue weighted by Gasteiger charge is -2.17. The van der Waals surface area contributed by atoms with Crippen molar-refractivity contribution >= 4 is 17.3 Å². The quantitative estimate of drug-likeness (QED) is 0.597. The Balaban J connectivity index is 1.75. The van der Waals surface area contributed by atoms with Crippen molar-refractivity contribution in [2.75, 3.05) is 20.7 Å². The van der Waals surface area contributed by atoms with Gasteiger partial charge < -0.3 is 15.4 Å². The van der Waals surface area contributed by atoms with Gasteiger partial charge >= 0.3 is 0 Å². The van der Waals surface area contributed by atoms with Crippen molar-refractivity contribution in [3.8, 4) is 5.75 Å². The molecule has 0 aliphatic rings. The van der Waals surface area contributed by atoms with E-state index in [4.69, 9.17) is 4.74 Å². The molecule has 0 aliphatic carbocycles. The molecule has 0 saturated heterocycles. The minimum atomic E-state index is 0.343. The van der Waals surface area contributed by atoms with Crippen LogP contribution in [0.15, 0.2) is 41.4 Å². The van der Waals surface area contributed by atoms with Crippen molar-refractivity contribution in [3.05, 3.63) is 51.7 Å². The summed E-state index contributed by atoms with van der Waals surface area (Å²) in [7, 11) is 3.50. The minimum Gasteiger partial charge on any atom is -0.497 e. The molecule has 0 aliphatic heterocycles. The standard InChI is InChI=1S/C19H27N3OS/c1-14(13-18-10-5-15(2)24-18)22-19(20-3)21-12-11-16-6-8-17(23-4)9-7-16/h5-10,14H,11-13H2,1-4H3,(H2,20,21,22). The molecule has 1 heterocycles. The molecule has 0 fully saturated rings. The van der Waals surface area contributed by atoms with E-state index in [2.05, 4.69) is 53.7 Å². The lowest BCUT2D eigenvalue weighted by Crippen LogP contribution is -2.43. The molecular formula is C19H27N3OS. The summed E-state index contributed by atoms with van der Waals surface area (Å²) in [5, 5.41) is 6.83. The molecule has 2 aromatic rings. The van der Waals surface area contributed by atoms with Crippen LogP contribution in [0.3, 0.4) is 0 Å². The summed E-state index contributed by atoms with van der Waals surface area (Å²) in [6.07, 6.45) is 1.96. The Morgan fingerprint density at radius 1 is 1.21 bits per heavy atom. The Kier molecular flexibility index (Phi) is 7.12. The van der Waals surface area contributed by atoms with E-state index < -0.39 is 0 Å². The van der Waals surface area contributed by atoms with E-state index >= 15 is 0 Å². The number of nitrogens with one attached hydrogen (secondary N) is 2. The van der Waals surface area contributed by atoms with Crippen molar-refractivity contribution in [3.63, 3.8) is 0 Å². The second-order valence-electron chi connectivity index (χ2n) is 5.86. The molecule has 2 rings (SSSR count). The molecule has 4 nitrogen and oxygen atoms in total. The second kappa shape index (κ2) is 9.33. The van der Waals surface area contributed by atoms with Gasteiger partial charge in [-0.1, -0.05) is 12.1 Å². The third-order valence-electron chi connectivity index (χ3n) is 3.78. The van der Waals surface area contributed by atoms with Crippen LogP contribution in [0.5, 0.6) is 5.75 Å². The summed E-state index contributed by atoms with van der Waals surface area (Å²) >= 11 is 1.86. The first-order valence-corrected chi connectivity index (χ1v) is 9.07. The predicted octanol–water partition coefficient (Wildman–Crippen LogP) is 3.40. The molecule has 1 aromatic heterocycles. The maximum absolute atomic E-state index is 5.18. The molecule has 0 saturated carbocycles. The maximum atomic E-state index is 5.18. The number of aryl methyl sites for hydroxylation is 1. The number of hydrogen-bond donors (Lipinski definition) is 2. The fraction of sp³-hybridized carbons (Fsp3) is 0.421. The number of nitrogens with zero attached hydrogens (tertiary/aromatic N) is 1. The van der Waals surface area contributed by atoms with E-state index in [1.165, 1.54) is 15.3 Å². The van der Waals surface area contributed by atoms with Crippen LogP contribution in [-0.2, 0) is 12.8 Å². The number of ether oxygens (including phenoxy) is 1. The number of thiophene rings is 1. The summed E-state index contributed by atoms with van der Waals surface area (Å²) in [6.45, 7) is 5.17. The van der Waals surface area contributed by atoms with Gasteiger partial charge in [0, 0.05) is 35.8 Å². The zero-order chi connectivity index (χ0) is 17.4. The smallest absolute Gasteiger partial charge is 0.191 e. The number of rotatable bonds is 7. The van der Waals surface area contributed by atoms with E-state index in [1.807, 2.05) is 30.5 Å². The lowest BCUT2D eigenvalue weighted by molar-refractivity contribution is 0.414. The van der Waals surface area contributed by atoms with Crippen molar-refractivity contribution in [2.45, 2.75) is 32.7 Å². The number of hydrogen-bond acceptors (Lipinski definition) is 3. The van der Waals surface area contributed by atoms with Gasteiger partial charge in [-0.05, 0) is 50.1 Å². The highest BCUT2D eigenvalue weighted by Crippen LogP contribution is 2.16. The van der Waals surface area contributed by atoms with Gasteiger partial charge in [-0.15, -0.1) is 11.3 Å². The van der Waals surface area contributed by atoms with Gasteiger partial charge in [0.15, 0.2) is 5.96 Å². The third kappa shape index (κ3) is 5.89. The number of methoxy groups -OCH3 is 1. The average Bonchev–Trinajstić information content (AvgIpc) is 2.99. The van der Waals surface area contributed by atoms with Crippen LogP contribution >= 0.6 is 11.3 Å². The number of guanidine groups is 1. The Hall–Kier alpha value is -2.01. The van der Waals surface area contributed by atoms with Crippen LogP contribution in [0.4, 0.5) is 0 Å². The highest BCUT2D eigenvalue weighted by Gasteiger charge is 2.07. The van der Waals surface area contributed by atoms with Crippen LogP contribution in [-0.4, -0.2) is 32.7 Å². The SMILES string of the molecule is CN=C(NCCc1ccc(OC)cc1)NC(C)Cc1ccc(C)s1. The van der Waals surface area contributed by atoms with E-state index in [1.54, 1.807) is 7.11 Å². The van der Waals surface area contributed by atoms with Gasteiger partial charge in [0.05, 0.1) is 7.11 Å². The van der Waals surface area contributed by atoms with E-state index in [9.17, 15) is 0 Å². The van der Waals surface area contributed by atoms with Crippen molar-refractivity contribution in [2.24, 2.45) is 4.99 Å². The Bertz CT molecular complexity index is 649. The van der Waals surface area contributed by atoms with Gasteiger partial charge in [-0.2, -0.15) is 0 Å². The van der Waals surface area contributed by atoms with Crippen molar-refractivity contribution in [1.82, 2.24) is 10.6 Å². The number of aliphatic imine (C=N–C) groups is 1. The zero-order valence-corrected chi connectivity index (χ0v) is 15.7. The fourth-order valence-electron chi connectivity index (χ4n) is 2.49. The fourth-order valence-corrected chi connectivity index (χ4v) is 3.51. The first-order chi connectivity index (χ1) is 11.6. The van der Waals surface area contributed by atoms with Gasteiger partial charge in [0.2, 0.25) is 0 Å². The maximum Gasteiger partial charge on any atom is 0.191 e. The Labute approximate surface area is 149 Å². The summed E-state index contributed by atoms with van der Waals surface area (Å²) in [6, 6.07) is 12.9. The molecule has 0 bridgehead atoms.